The van der Waals surface area contributed by atoms with Crippen LogP contribution in [-0.2, 0) is 22.4 Å². The zero-order valence-electron chi connectivity index (χ0n) is 11.9. The number of nitrogens with one attached hydrogen (secondary N) is 1. The molecule has 0 aliphatic heterocycles. The molecule has 3 nitrogen and oxygen atoms in total. The maximum Gasteiger partial charge on any atom is 0.418 e. The third kappa shape index (κ3) is 4.66. The van der Waals surface area contributed by atoms with Gasteiger partial charge in [-0.25, -0.2) is 8.42 Å². The molecule has 0 saturated carbocycles. The van der Waals surface area contributed by atoms with Crippen LogP contribution in [0.5, 0.6) is 0 Å². The van der Waals surface area contributed by atoms with Gasteiger partial charge in [0.1, 0.15) is 0 Å². The molecule has 136 valence electrons. The molecular formula is C14H8BrF6NO2S. The van der Waals surface area contributed by atoms with Crippen molar-refractivity contribution in [2.45, 2.75) is 17.2 Å². The normalized spacial score (nSPS) is 12.9. The Morgan fingerprint density at radius 2 is 1.48 bits per heavy atom. The van der Waals surface area contributed by atoms with Crippen molar-refractivity contribution in [2.24, 2.45) is 0 Å². The largest absolute Gasteiger partial charge is 0.418 e. The van der Waals surface area contributed by atoms with Gasteiger partial charge in [-0.2, -0.15) is 26.3 Å². The lowest BCUT2D eigenvalue weighted by atomic mass is 10.2. The second kappa shape index (κ2) is 6.52. The van der Waals surface area contributed by atoms with Crippen molar-refractivity contribution in [1.29, 1.82) is 0 Å². The molecule has 0 bridgehead atoms. The van der Waals surface area contributed by atoms with Crippen LogP contribution in [0.4, 0.5) is 32.0 Å². The highest BCUT2D eigenvalue weighted by molar-refractivity contribution is 9.10. The fourth-order valence-electron chi connectivity index (χ4n) is 1.90. The summed E-state index contributed by atoms with van der Waals surface area (Å²) in [4.78, 5) is -0.828. The van der Waals surface area contributed by atoms with E-state index in [0.717, 1.165) is 24.3 Å². The number of sulfonamides is 1. The minimum absolute atomic E-state index is 0.188. The van der Waals surface area contributed by atoms with E-state index in [-0.39, 0.29) is 4.47 Å². The molecule has 2 rings (SSSR count). The molecule has 0 fully saturated rings. The molecule has 0 aliphatic rings. The van der Waals surface area contributed by atoms with Crippen molar-refractivity contribution < 1.29 is 34.8 Å². The number of benzene rings is 2. The van der Waals surface area contributed by atoms with E-state index in [0.29, 0.717) is 18.2 Å². The molecule has 25 heavy (non-hydrogen) atoms. The molecule has 0 radical (unpaired) electrons. The van der Waals surface area contributed by atoms with Gasteiger partial charge in [0.25, 0.3) is 10.0 Å². The molecule has 0 atom stereocenters. The Kier molecular flexibility index (Phi) is 5.11. The summed E-state index contributed by atoms with van der Waals surface area (Å²) >= 11 is 2.76. The monoisotopic (exact) mass is 447 g/mol. The molecular weight excluding hydrogens is 440 g/mol. The van der Waals surface area contributed by atoms with Crippen LogP contribution in [0, 0.1) is 0 Å². The third-order valence-electron chi connectivity index (χ3n) is 2.99. The molecule has 0 amide bonds. The first-order valence-electron chi connectivity index (χ1n) is 6.37. The van der Waals surface area contributed by atoms with E-state index >= 15 is 0 Å². The van der Waals surface area contributed by atoms with Crippen molar-refractivity contribution in [3.8, 4) is 0 Å². The first-order chi connectivity index (χ1) is 11.3. The predicted octanol–water partition coefficient (Wildman–Crippen LogP) is 5.29. The average molecular weight is 448 g/mol. The molecule has 11 heteroatoms. The third-order valence-corrected chi connectivity index (χ3v) is 4.79. The van der Waals surface area contributed by atoms with Crippen LogP contribution in [0.25, 0.3) is 0 Å². The summed E-state index contributed by atoms with van der Waals surface area (Å²) in [5.74, 6) is 0. The topological polar surface area (TPSA) is 46.2 Å². The van der Waals surface area contributed by atoms with Crippen molar-refractivity contribution in [3.05, 3.63) is 58.1 Å². The highest BCUT2D eigenvalue weighted by Crippen LogP contribution is 2.37. The minimum Gasteiger partial charge on any atom is -0.279 e. The summed E-state index contributed by atoms with van der Waals surface area (Å²) in [6.45, 7) is 0. The first kappa shape index (κ1) is 19.6. The van der Waals surface area contributed by atoms with Crippen molar-refractivity contribution in [3.63, 3.8) is 0 Å². The van der Waals surface area contributed by atoms with E-state index < -0.39 is 44.1 Å². The van der Waals surface area contributed by atoms with Gasteiger partial charge in [0, 0.05) is 4.47 Å². The summed E-state index contributed by atoms with van der Waals surface area (Å²) < 4.78 is 103. The number of halogens is 7. The first-order valence-corrected chi connectivity index (χ1v) is 8.65. The summed E-state index contributed by atoms with van der Waals surface area (Å²) in [6, 6.07) is 5.58. The molecule has 0 saturated heterocycles. The fraction of sp³-hybridized carbons (Fsp3) is 0.143. The highest BCUT2D eigenvalue weighted by atomic mass is 79.9. The van der Waals surface area contributed by atoms with Gasteiger partial charge in [-0.1, -0.05) is 28.1 Å². The quantitative estimate of drug-likeness (QED) is 0.650. The Morgan fingerprint density at radius 1 is 0.880 bits per heavy atom. The SMILES string of the molecule is O=S(=O)(Nc1ccccc1C(F)(F)F)c1cc(Br)cc(C(F)(F)F)c1. The van der Waals surface area contributed by atoms with E-state index in [2.05, 4.69) is 15.9 Å². The van der Waals surface area contributed by atoms with Crippen LogP contribution < -0.4 is 4.72 Å². The van der Waals surface area contributed by atoms with E-state index in [1.807, 2.05) is 0 Å². The van der Waals surface area contributed by atoms with Gasteiger partial charge in [-0.05, 0) is 30.3 Å². The maximum atomic E-state index is 12.9. The highest BCUT2D eigenvalue weighted by Gasteiger charge is 2.35. The summed E-state index contributed by atoms with van der Waals surface area (Å²) in [5.41, 5.74) is -3.31. The van der Waals surface area contributed by atoms with Crippen LogP contribution in [0.1, 0.15) is 11.1 Å². The van der Waals surface area contributed by atoms with Gasteiger partial charge < -0.3 is 0 Å². The molecule has 2 aromatic rings. The predicted molar refractivity (Wildman–Crippen MR) is 81.4 cm³/mol. The summed E-state index contributed by atoms with van der Waals surface area (Å²) in [6.07, 6.45) is -9.66. The van der Waals surface area contributed by atoms with Gasteiger partial charge in [0.15, 0.2) is 0 Å². The number of alkyl halides is 6. The van der Waals surface area contributed by atoms with Gasteiger partial charge >= 0.3 is 12.4 Å². The van der Waals surface area contributed by atoms with Crippen LogP contribution in [0.3, 0.4) is 0 Å². The molecule has 2 aromatic carbocycles. The lowest BCUT2D eigenvalue weighted by molar-refractivity contribution is -0.138. The Labute approximate surface area is 146 Å². The lowest BCUT2D eigenvalue weighted by Gasteiger charge is -2.15. The smallest absolute Gasteiger partial charge is 0.279 e. The molecule has 1 N–H and O–H groups in total. The van der Waals surface area contributed by atoms with E-state index in [1.165, 1.54) is 0 Å². The Morgan fingerprint density at radius 3 is 2.04 bits per heavy atom. The molecule has 0 spiro atoms. The zero-order valence-corrected chi connectivity index (χ0v) is 14.3. The Hall–Kier alpha value is -1.75. The fourth-order valence-corrected chi connectivity index (χ4v) is 3.70. The molecule has 0 heterocycles. The van der Waals surface area contributed by atoms with E-state index in [4.69, 9.17) is 0 Å². The molecule has 0 aromatic heterocycles. The van der Waals surface area contributed by atoms with Gasteiger partial charge in [-0.3, -0.25) is 4.72 Å². The summed E-state index contributed by atoms with van der Waals surface area (Å²) in [5, 5.41) is 0. The van der Waals surface area contributed by atoms with Crippen LogP contribution >= 0.6 is 15.9 Å². The van der Waals surface area contributed by atoms with Gasteiger partial charge in [0.2, 0.25) is 0 Å². The lowest BCUT2D eigenvalue weighted by Crippen LogP contribution is -2.18. The number of anilines is 1. The standard InChI is InChI=1S/C14H8BrF6NO2S/c15-9-5-8(13(16,17)18)6-10(7-9)25(23,24)22-12-4-2-1-3-11(12)14(19,20)21/h1-7,22H. The Bertz CT molecular complexity index is 893. The second-order valence-corrected chi connectivity index (χ2v) is 7.42. The minimum atomic E-state index is -4.84. The maximum absolute atomic E-state index is 12.9. The average Bonchev–Trinajstić information content (AvgIpc) is 2.44. The number of hydrogen-bond donors (Lipinski definition) is 1. The van der Waals surface area contributed by atoms with E-state index in [9.17, 15) is 34.8 Å². The Balaban J connectivity index is 2.50. The van der Waals surface area contributed by atoms with Crippen LogP contribution in [-0.4, -0.2) is 8.42 Å². The zero-order chi connectivity index (χ0) is 19.0. The van der Waals surface area contributed by atoms with Crippen molar-refractivity contribution in [1.82, 2.24) is 0 Å². The van der Waals surface area contributed by atoms with Crippen LogP contribution in [0.15, 0.2) is 51.8 Å². The van der Waals surface area contributed by atoms with Crippen molar-refractivity contribution in [2.75, 3.05) is 4.72 Å². The van der Waals surface area contributed by atoms with Crippen molar-refractivity contribution >= 4 is 31.6 Å². The van der Waals surface area contributed by atoms with Gasteiger partial charge in [-0.15, -0.1) is 0 Å². The number of hydrogen-bond acceptors (Lipinski definition) is 2. The second-order valence-electron chi connectivity index (χ2n) is 4.82. The number of rotatable bonds is 3. The van der Waals surface area contributed by atoms with E-state index in [1.54, 1.807) is 4.72 Å². The molecule has 0 unspecified atom stereocenters. The van der Waals surface area contributed by atoms with Gasteiger partial charge in [0.05, 0.1) is 21.7 Å². The van der Waals surface area contributed by atoms with Crippen LogP contribution in [0.2, 0.25) is 0 Å². The number of para-hydroxylation sites is 1. The molecule has 0 aliphatic carbocycles. The summed E-state index contributed by atoms with van der Waals surface area (Å²) in [7, 11) is -4.68.